The molecule has 7 nitrogen and oxygen atoms in total. The molecule has 0 saturated carbocycles. The van der Waals surface area contributed by atoms with Gasteiger partial charge in [-0.2, -0.15) is 5.10 Å². The van der Waals surface area contributed by atoms with Crippen LogP contribution in [0.15, 0.2) is 97.1 Å². The fraction of sp³-hybridized carbons (Fsp3) is 0.147. The molecular weight excluding hydrogens is 527 g/mol. The van der Waals surface area contributed by atoms with Gasteiger partial charge >= 0.3 is 0 Å². The molecule has 0 amide bonds. The fourth-order valence-corrected chi connectivity index (χ4v) is 5.25. The van der Waals surface area contributed by atoms with E-state index in [4.69, 9.17) is 26.2 Å². The lowest BCUT2D eigenvalue weighted by Crippen LogP contribution is -2.15. The zero-order chi connectivity index (χ0) is 29.2. The van der Waals surface area contributed by atoms with E-state index in [-0.39, 0.29) is 0 Å². The summed E-state index contributed by atoms with van der Waals surface area (Å²) in [6.45, 7) is 2.36. The van der Waals surface area contributed by atoms with Gasteiger partial charge in [0.2, 0.25) is 0 Å². The van der Waals surface area contributed by atoms with Crippen molar-refractivity contribution in [1.82, 2.24) is 19.7 Å². The minimum Gasteiger partial charge on any atom is -0.489 e. The Morgan fingerprint density at radius 3 is 2.36 bits per heavy atom. The highest BCUT2D eigenvalue weighted by molar-refractivity contribution is 5.93. The summed E-state index contributed by atoms with van der Waals surface area (Å²) in [5.41, 5.74) is 16.8. The number of benzene rings is 4. The van der Waals surface area contributed by atoms with Gasteiger partial charge in [0.1, 0.15) is 29.8 Å². The summed E-state index contributed by atoms with van der Waals surface area (Å²) in [4.78, 5) is 9.66. The number of ether oxygens (including phenoxy) is 1. The van der Waals surface area contributed by atoms with E-state index in [2.05, 4.69) is 5.10 Å². The zero-order valence-corrected chi connectivity index (χ0v) is 23.5. The highest BCUT2D eigenvalue weighted by Gasteiger charge is 2.29. The summed E-state index contributed by atoms with van der Waals surface area (Å²) in [6.07, 6.45) is 0.641. The number of anilines is 2. The van der Waals surface area contributed by atoms with Crippen LogP contribution in [0.5, 0.6) is 5.75 Å². The van der Waals surface area contributed by atoms with E-state index >= 15 is 4.39 Å². The SMILES string of the molecule is CCc1cc(C(c2cc3cc(N)ccc3c(N)n2)c2nc(-c3ccccc3)nn2C)c(F)cc1OCc1ccccc1. The molecule has 2 aromatic heterocycles. The van der Waals surface area contributed by atoms with E-state index in [1.165, 1.54) is 6.07 Å². The third-order valence-electron chi connectivity index (χ3n) is 7.40. The van der Waals surface area contributed by atoms with Crippen LogP contribution in [0, 0.1) is 5.82 Å². The van der Waals surface area contributed by atoms with Gasteiger partial charge in [0.05, 0.1) is 11.6 Å². The molecule has 0 aliphatic heterocycles. The smallest absolute Gasteiger partial charge is 0.181 e. The van der Waals surface area contributed by atoms with E-state index < -0.39 is 11.7 Å². The number of halogens is 1. The number of aromatic nitrogens is 4. The zero-order valence-electron chi connectivity index (χ0n) is 23.5. The van der Waals surface area contributed by atoms with Gasteiger partial charge in [0, 0.05) is 35.3 Å². The van der Waals surface area contributed by atoms with E-state index in [1.54, 1.807) is 17.8 Å². The summed E-state index contributed by atoms with van der Waals surface area (Å²) in [5, 5.41) is 6.27. The molecule has 0 spiro atoms. The van der Waals surface area contributed by atoms with Crippen LogP contribution in [0.3, 0.4) is 0 Å². The Kier molecular flexibility index (Phi) is 7.27. The van der Waals surface area contributed by atoms with Crippen molar-refractivity contribution in [2.24, 2.45) is 7.05 Å². The molecule has 0 saturated heterocycles. The van der Waals surface area contributed by atoms with Crippen LogP contribution in [-0.2, 0) is 20.1 Å². The minimum atomic E-state index is -0.707. The lowest BCUT2D eigenvalue weighted by atomic mass is 9.90. The van der Waals surface area contributed by atoms with Gasteiger partial charge in [-0.15, -0.1) is 0 Å². The van der Waals surface area contributed by atoms with Crippen molar-refractivity contribution >= 4 is 22.3 Å². The molecule has 210 valence electrons. The molecular formula is C34H31FN6O. The van der Waals surface area contributed by atoms with Gasteiger partial charge in [-0.25, -0.2) is 14.4 Å². The summed E-state index contributed by atoms with van der Waals surface area (Å²) in [7, 11) is 1.81. The molecule has 6 rings (SSSR count). The number of rotatable bonds is 8. The van der Waals surface area contributed by atoms with E-state index in [0.717, 1.165) is 27.5 Å². The first-order chi connectivity index (χ1) is 20.4. The summed E-state index contributed by atoms with van der Waals surface area (Å²) >= 11 is 0. The second-order valence-corrected chi connectivity index (χ2v) is 10.2. The third kappa shape index (κ3) is 5.26. The van der Waals surface area contributed by atoms with Gasteiger partial charge in [-0.3, -0.25) is 4.68 Å². The first-order valence-corrected chi connectivity index (χ1v) is 13.8. The Morgan fingerprint density at radius 2 is 1.62 bits per heavy atom. The van der Waals surface area contributed by atoms with Crippen molar-refractivity contribution < 1.29 is 9.13 Å². The summed E-state index contributed by atoms with van der Waals surface area (Å²) < 4.78 is 24.0. The minimum absolute atomic E-state index is 0.330. The molecule has 0 aliphatic rings. The Hall–Kier alpha value is -5.24. The molecule has 0 radical (unpaired) electrons. The topological polar surface area (TPSA) is 105 Å². The van der Waals surface area contributed by atoms with Crippen LogP contribution in [0.2, 0.25) is 0 Å². The summed E-state index contributed by atoms with van der Waals surface area (Å²) in [5.74, 6) is 0.761. The maximum absolute atomic E-state index is 16.2. The van der Waals surface area contributed by atoms with Crippen LogP contribution >= 0.6 is 0 Å². The van der Waals surface area contributed by atoms with Gasteiger partial charge in [-0.05, 0) is 53.3 Å². The number of nitrogens with two attached hydrogens (primary N) is 2. The first kappa shape index (κ1) is 27.0. The standard InChI is InChI=1S/C34H31FN6O/c1-3-22-17-27(28(35)19-30(22)42-20-21-10-6-4-7-11-21)31(29-18-24-16-25(36)14-15-26(24)32(37)38-29)34-39-33(40-41(34)2)23-12-8-5-9-13-23/h4-19,31H,3,20,36H2,1-2H3,(H2,37,38). The molecule has 42 heavy (non-hydrogen) atoms. The molecule has 8 heteroatoms. The molecule has 0 bridgehead atoms. The van der Waals surface area contributed by atoms with Gasteiger partial charge in [0.15, 0.2) is 5.82 Å². The number of aryl methyl sites for hydroxylation is 2. The molecule has 6 aromatic rings. The van der Waals surface area contributed by atoms with Crippen LogP contribution in [0.1, 0.15) is 41.1 Å². The maximum atomic E-state index is 16.2. The average molecular weight is 559 g/mol. The van der Waals surface area contributed by atoms with E-state index in [0.29, 0.717) is 53.2 Å². The molecule has 4 aromatic carbocycles. The second kappa shape index (κ2) is 11.3. The highest BCUT2D eigenvalue weighted by atomic mass is 19.1. The van der Waals surface area contributed by atoms with E-state index in [1.807, 2.05) is 91.9 Å². The summed E-state index contributed by atoms with van der Waals surface area (Å²) in [6, 6.07) is 30.2. The van der Waals surface area contributed by atoms with Crippen LogP contribution in [-0.4, -0.2) is 19.7 Å². The second-order valence-electron chi connectivity index (χ2n) is 10.2. The van der Waals surface area contributed by atoms with Crippen molar-refractivity contribution in [2.75, 3.05) is 11.5 Å². The predicted molar refractivity (Wildman–Crippen MR) is 165 cm³/mol. The fourth-order valence-electron chi connectivity index (χ4n) is 5.25. The average Bonchev–Trinajstić information content (AvgIpc) is 3.38. The largest absolute Gasteiger partial charge is 0.489 e. The van der Waals surface area contributed by atoms with Crippen LogP contribution in [0.4, 0.5) is 15.9 Å². The van der Waals surface area contributed by atoms with Gasteiger partial charge in [0.25, 0.3) is 0 Å². The van der Waals surface area contributed by atoms with Crippen molar-refractivity contribution in [3.63, 3.8) is 0 Å². The lowest BCUT2D eigenvalue weighted by molar-refractivity contribution is 0.301. The lowest BCUT2D eigenvalue weighted by Gasteiger charge is -2.21. The van der Waals surface area contributed by atoms with E-state index in [9.17, 15) is 0 Å². The number of hydrogen-bond acceptors (Lipinski definition) is 6. The monoisotopic (exact) mass is 558 g/mol. The van der Waals surface area contributed by atoms with Crippen molar-refractivity contribution in [1.29, 1.82) is 0 Å². The van der Waals surface area contributed by atoms with Gasteiger partial charge in [-0.1, -0.05) is 67.6 Å². The number of nitrogen functional groups attached to an aromatic ring is 2. The number of pyridine rings is 1. The quantitative estimate of drug-likeness (QED) is 0.203. The Balaban J connectivity index is 1.51. The molecule has 0 fully saturated rings. The number of fused-ring (bicyclic) bond motifs is 1. The Bertz CT molecular complexity index is 1870. The first-order valence-electron chi connectivity index (χ1n) is 13.8. The normalized spacial score (nSPS) is 12.0. The van der Waals surface area contributed by atoms with Crippen LogP contribution in [0.25, 0.3) is 22.2 Å². The maximum Gasteiger partial charge on any atom is 0.181 e. The number of nitrogens with zero attached hydrogens (tertiary/aromatic N) is 4. The van der Waals surface area contributed by atoms with Crippen LogP contribution < -0.4 is 16.2 Å². The van der Waals surface area contributed by atoms with Gasteiger partial charge < -0.3 is 16.2 Å². The third-order valence-corrected chi connectivity index (χ3v) is 7.40. The molecule has 1 unspecified atom stereocenters. The molecule has 0 aliphatic carbocycles. The molecule has 4 N–H and O–H groups in total. The Labute approximate surface area is 243 Å². The number of hydrogen-bond donors (Lipinski definition) is 2. The predicted octanol–water partition coefficient (Wildman–Crippen LogP) is 6.66. The molecule has 2 heterocycles. The van der Waals surface area contributed by atoms with Crippen molar-refractivity contribution in [3.8, 4) is 17.1 Å². The molecule has 1 atom stereocenters. The van der Waals surface area contributed by atoms with Crippen molar-refractivity contribution in [2.45, 2.75) is 25.9 Å². The highest BCUT2D eigenvalue weighted by Crippen LogP contribution is 2.38. The Morgan fingerprint density at radius 1 is 0.881 bits per heavy atom. The van der Waals surface area contributed by atoms with Crippen molar-refractivity contribution in [3.05, 3.63) is 131 Å².